The molecule has 3 aromatic rings. The maximum atomic E-state index is 12.6. The summed E-state index contributed by atoms with van der Waals surface area (Å²) in [7, 11) is 1.76. The second-order valence-electron chi connectivity index (χ2n) is 7.36. The Hall–Kier alpha value is -3.93. The van der Waals surface area contributed by atoms with Gasteiger partial charge in [-0.15, -0.1) is 0 Å². The zero-order valence-corrected chi connectivity index (χ0v) is 17.1. The van der Waals surface area contributed by atoms with Crippen molar-refractivity contribution in [2.45, 2.75) is 13.0 Å². The molecule has 0 aromatic heterocycles. The summed E-state index contributed by atoms with van der Waals surface area (Å²) in [5.74, 6) is -4.22. The average molecular weight is 417 g/mol. The molecule has 6 heteroatoms. The Morgan fingerprint density at radius 1 is 0.774 bits per heavy atom. The molecular weight excluding hydrogens is 394 g/mol. The second kappa shape index (κ2) is 9.71. The van der Waals surface area contributed by atoms with Crippen LogP contribution in [-0.2, 0) is 22.6 Å². The van der Waals surface area contributed by atoms with Crippen LogP contribution in [0.2, 0.25) is 0 Å². The zero-order chi connectivity index (χ0) is 22.4. The van der Waals surface area contributed by atoms with Crippen LogP contribution < -0.4 is 0 Å². The summed E-state index contributed by atoms with van der Waals surface area (Å²) < 4.78 is 0. The van der Waals surface area contributed by atoms with Crippen LogP contribution in [0.25, 0.3) is 11.1 Å². The van der Waals surface area contributed by atoms with E-state index in [2.05, 4.69) is 0 Å². The molecule has 3 rings (SSSR count). The Labute approximate surface area is 180 Å². The molecule has 1 amide bonds. The van der Waals surface area contributed by atoms with Gasteiger partial charge < -0.3 is 15.1 Å². The van der Waals surface area contributed by atoms with Crippen LogP contribution >= 0.6 is 0 Å². The zero-order valence-electron chi connectivity index (χ0n) is 17.1. The van der Waals surface area contributed by atoms with Crippen molar-refractivity contribution in [3.8, 4) is 11.1 Å². The summed E-state index contributed by atoms with van der Waals surface area (Å²) in [5, 5.41) is 18.1. The highest BCUT2D eigenvalue weighted by molar-refractivity contribution is 5.94. The molecule has 6 nitrogen and oxygen atoms in total. The van der Waals surface area contributed by atoms with Gasteiger partial charge in [0.2, 0.25) is 0 Å². The topological polar surface area (TPSA) is 94.9 Å². The van der Waals surface area contributed by atoms with Crippen LogP contribution in [-0.4, -0.2) is 40.0 Å². The Bertz CT molecular complexity index is 1060. The van der Waals surface area contributed by atoms with Gasteiger partial charge in [0.05, 0.1) is 0 Å². The molecule has 0 atom stereocenters. The molecule has 31 heavy (non-hydrogen) atoms. The number of carboxylic acids is 2. The molecular formula is C25H23NO5. The fraction of sp³-hybridized carbons (Fsp3) is 0.160. The van der Waals surface area contributed by atoms with E-state index >= 15 is 0 Å². The average Bonchev–Trinajstić information content (AvgIpc) is 2.77. The second-order valence-corrected chi connectivity index (χ2v) is 7.36. The van der Waals surface area contributed by atoms with Gasteiger partial charge in [0.1, 0.15) is 0 Å². The summed E-state index contributed by atoms with van der Waals surface area (Å²) >= 11 is 0. The van der Waals surface area contributed by atoms with E-state index in [1.54, 1.807) is 36.2 Å². The van der Waals surface area contributed by atoms with Crippen molar-refractivity contribution in [1.82, 2.24) is 4.90 Å². The lowest BCUT2D eigenvalue weighted by Gasteiger charge is -2.18. The smallest absolute Gasteiger partial charge is 0.318 e. The minimum atomic E-state index is -1.47. The predicted molar refractivity (Wildman–Crippen MR) is 117 cm³/mol. The first-order valence-electron chi connectivity index (χ1n) is 9.79. The van der Waals surface area contributed by atoms with E-state index < -0.39 is 17.9 Å². The molecule has 0 radical (unpaired) electrons. The lowest BCUT2D eigenvalue weighted by Crippen LogP contribution is -2.26. The Morgan fingerprint density at radius 3 is 2.03 bits per heavy atom. The SMILES string of the molecule is CN(Cc1cccc(-c2ccc(CC(C(=O)O)C(=O)O)cc2)c1)C(=O)c1ccccc1. The van der Waals surface area contributed by atoms with Gasteiger partial charge in [0.25, 0.3) is 5.91 Å². The maximum absolute atomic E-state index is 12.6. The number of hydrogen-bond acceptors (Lipinski definition) is 3. The van der Waals surface area contributed by atoms with Crippen molar-refractivity contribution >= 4 is 17.8 Å². The minimum Gasteiger partial charge on any atom is -0.481 e. The third-order valence-electron chi connectivity index (χ3n) is 5.04. The van der Waals surface area contributed by atoms with E-state index in [0.29, 0.717) is 17.7 Å². The first kappa shape index (κ1) is 21.8. The number of hydrogen-bond donors (Lipinski definition) is 2. The van der Waals surface area contributed by atoms with Gasteiger partial charge in [0, 0.05) is 19.2 Å². The fourth-order valence-corrected chi connectivity index (χ4v) is 3.35. The fourth-order valence-electron chi connectivity index (χ4n) is 3.35. The van der Waals surface area contributed by atoms with E-state index in [1.807, 2.05) is 54.6 Å². The lowest BCUT2D eigenvalue weighted by molar-refractivity contribution is -0.154. The van der Waals surface area contributed by atoms with Crippen LogP contribution in [0.15, 0.2) is 78.9 Å². The highest BCUT2D eigenvalue weighted by atomic mass is 16.4. The van der Waals surface area contributed by atoms with Gasteiger partial charge in [-0.3, -0.25) is 14.4 Å². The standard InChI is InChI=1S/C25H23NO5/c1-26(23(27)20-7-3-2-4-8-20)16-18-6-5-9-21(14-18)19-12-10-17(11-13-19)15-22(24(28)29)25(30)31/h2-14,22H,15-16H2,1H3,(H,28,29)(H,30,31). The minimum absolute atomic E-state index is 0.0539. The summed E-state index contributed by atoms with van der Waals surface area (Å²) in [6.07, 6.45) is -0.0720. The van der Waals surface area contributed by atoms with Gasteiger partial charge in [-0.05, 0) is 46.9 Å². The van der Waals surface area contributed by atoms with Gasteiger partial charge in [-0.2, -0.15) is 0 Å². The molecule has 0 saturated heterocycles. The summed E-state index contributed by atoms with van der Waals surface area (Å²) in [5.41, 5.74) is 4.13. The van der Waals surface area contributed by atoms with Crippen molar-refractivity contribution in [1.29, 1.82) is 0 Å². The molecule has 0 bridgehead atoms. The lowest BCUT2D eigenvalue weighted by atomic mass is 9.96. The number of benzene rings is 3. The number of rotatable bonds is 8. The number of amides is 1. The molecule has 0 spiro atoms. The monoisotopic (exact) mass is 417 g/mol. The van der Waals surface area contributed by atoms with E-state index in [4.69, 9.17) is 10.2 Å². The largest absolute Gasteiger partial charge is 0.481 e. The Morgan fingerprint density at radius 2 is 1.42 bits per heavy atom. The molecule has 0 heterocycles. The summed E-state index contributed by atoms with van der Waals surface area (Å²) in [6, 6.07) is 24.1. The number of carboxylic acid groups (broad SMARTS) is 2. The quantitative estimate of drug-likeness (QED) is 0.541. The van der Waals surface area contributed by atoms with Crippen molar-refractivity contribution in [2.75, 3.05) is 7.05 Å². The van der Waals surface area contributed by atoms with E-state index in [1.165, 1.54) is 0 Å². The maximum Gasteiger partial charge on any atom is 0.318 e. The molecule has 0 unspecified atom stereocenters. The van der Waals surface area contributed by atoms with Crippen molar-refractivity contribution < 1.29 is 24.6 Å². The Balaban J connectivity index is 1.72. The van der Waals surface area contributed by atoms with Gasteiger partial charge in [0.15, 0.2) is 5.92 Å². The van der Waals surface area contributed by atoms with E-state index in [-0.39, 0.29) is 12.3 Å². The third-order valence-corrected chi connectivity index (χ3v) is 5.04. The predicted octanol–water partition coefficient (Wildman–Crippen LogP) is 3.95. The number of aliphatic carboxylic acids is 2. The third kappa shape index (κ3) is 5.57. The van der Waals surface area contributed by atoms with Crippen LogP contribution in [0.5, 0.6) is 0 Å². The summed E-state index contributed by atoms with van der Waals surface area (Å²) in [6.45, 7) is 0.457. The van der Waals surface area contributed by atoms with Crippen molar-refractivity contribution in [3.05, 3.63) is 95.6 Å². The van der Waals surface area contributed by atoms with Crippen LogP contribution in [0.3, 0.4) is 0 Å². The molecule has 2 N–H and O–H groups in total. The number of nitrogens with zero attached hydrogens (tertiary/aromatic N) is 1. The molecule has 0 aliphatic rings. The molecule has 0 fully saturated rings. The number of carbonyl (C=O) groups excluding carboxylic acids is 1. The number of carbonyl (C=O) groups is 3. The van der Waals surface area contributed by atoms with Crippen molar-refractivity contribution in [3.63, 3.8) is 0 Å². The first-order valence-corrected chi connectivity index (χ1v) is 9.79. The van der Waals surface area contributed by atoms with Crippen LogP contribution in [0.1, 0.15) is 21.5 Å². The van der Waals surface area contributed by atoms with Gasteiger partial charge in [-0.25, -0.2) is 0 Å². The Kier molecular flexibility index (Phi) is 6.82. The van der Waals surface area contributed by atoms with E-state index in [0.717, 1.165) is 16.7 Å². The molecule has 0 aliphatic heterocycles. The normalized spacial score (nSPS) is 10.6. The van der Waals surface area contributed by atoms with Gasteiger partial charge >= 0.3 is 11.9 Å². The highest BCUT2D eigenvalue weighted by Crippen LogP contribution is 2.23. The van der Waals surface area contributed by atoms with Crippen molar-refractivity contribution in [2.24, 2.45) is 5.92 Å². The molecule has 158 valence electrons. The molecule has 0 saturated carbocycles. The van der Waals surface area contributed by atoms with E-state index in [9.17, 15) is 14.4 Å². The molecule has 0 aliphatic carbocycles. The highest BCUT2D eigenvalue weighted by Gasteiger charge is 2.25. The first-order chi connectivity index (χ1) is 14.8. The van der Waals surface area contributed by atoms with Crippen LogP contribution in [0, 0.1) is 5.92 Å². The van der Waals surface area contributed by atoms with Crippen LogP contribution in [0.4, 0.5) is 0 Å². The molecule has 3 aromatic carbocycles. The van der Waals surface area contributed by atoms with Gasteiger partial charge in [-0.1, -0.05) is 60.7 Å². The summed E-state index contributed by atoms with van der Waals surface area (Å²) in [4.78, 5) is 36.4.